The van der Waals surface area contributed by atoms with Gasteiger partial charge in [-0.1, -0.05) is 33.8 Å². The van der Waals surface area contributed by atoms with Crippen LogP contribution in [0.3, 0.4) is 0 Å². The van der Waals surface area contributed by atoms with E-state index in [-0.39, 0.29) is 17.7 Å². The summed E-state index contributed by atoms with van der Waals surface area (Å²) in [6, 6.07) is 9.03. The number of imidazole rings is 1. The molecular formula is C30H41N7O2. The highest BCUT2D eigenvalue weighted by atomic mass is 16.5. The molecule has 39 heavy (non-hydrogen) atoms. The molecule has 0 bridgehead atoms. The Bertz CT molecular complexity index is 1450. The van der Waals surface area contributed by atoms with E-state index in [9.17, 15) is 5.11 Å². The van der Waals surface area contributed by atoms with Gasteiger partial charge in [-0.05, 0) is 60.9 Å². The molecule has 3 aromatic heterocycles. The molecule has 1 saturated carbocycles. The second kappa shape index (κ2) is 10.2. The molecule has 4 N–H and O–H groups in total. The number of fused-ring (bicyclic) bond motifs is 2. The lowest BCUT2D eigenvalue weighted by Gasteiger charge is -2.43. The smallest absolute Gasteiger partial charge is 0.147 e. The molecule has 208 valence electrons. The van der Waals surface area contributed by atoms with Gasteiger partial charge in [0.1, 0.15) is 29.8 Å². The van der Waals surface area contributed by atoms with E-state index < -0.39 is 6.10 Å². The minimum Gasteiger partial charge on any atom is -0.390 e. The van der Waals surface area contributed by atoms with Crippen LogP contribution in [0.2, 0.25) is 0 Å². The molecule has 4 heterocycles. The second-order valence-electron chi connectivity index (χ2n) is 12.4. The highest BCUT2D eigenvalue weighted by Gasteiger charge is 2.40. The van der Waals surface area contributed by atoms with Crippen molar-refractivity contribution < 1.29 is 9.84 Å². The number of H-pyrrole nitrogens is 1. The zero-order valence-corrected chi connectivity index (χ0v) is 23.5. The van der Waals surface area contributed by atoms with E-state index in [0.717, 1.165) is 53.8 Å². The van der Waals surface area contributed by atoms with Crippen molar-refractivity contribution in [3.05, 3.63) is 48.2 Å². The van der Waals surface area contributed by atoms with Crippen molar-refractivity contribution in [3.8, 4) is 0 Å². The Morgan fingerprint density at radius 1 is 1.18 bits per heavy atom. The first-order valence-electron chi connectivity index (χ1n) is 14.3. The van der Waals surface area contributed by atoms with Crippen LogP contribution in [0.1, 0.15) is 71.0 Å². The van der Waals surface area contributed by atoms with Gasteiger partial charge in [0.25, 0.3) is 0 Å². The minimum absolute atomic E-state index is 0.131. The first kappa shape index (κ1) is 26.2. The molecule has 3 atom stereocenters. The summed E-state index contributed by atoms with van der Waals surface area (Å²) in [4.78, 5) is 19.3. The van der Waals surface area contributed by atoms with Crippen molar-refractivity contribution in [2.45, 2.75) is 89.7 Å². The predicted octanol–water partition coefficient (Wildman–Crippen LogP) is 4.57. The molecule has 0 radical (unpaired) electrons. The molecule has 1 aromatic carbocycles. The number of aryl methyl sites for hydroxylation is 1. The van der Waals surface area contributed by atoms with Crippen molar-refractivity contribution in [3.63, 3.8) is 0 Å². The van der Waals surface area contributed by atoms with Crippen molar-refractivity contribution >= 4 is 27.9 Å². The molecule has 2 aliphatic rings. The van der Waals surface area contributed by atoms with Gasteiger partial charge in [-0.3, -0.25) is 4.90 Å². The number of aromatic nitrogens is 5. The predicted molar refractivity (Wildman–Crippen MR) is 153 cm³/mol. The molecule has 2 fully saturated rings. The van der Waals surface area contributed by atoms with Gasteiger partial charge in [0, 0.05) is 31.6 Å². The van der Waals surface area contributed by atoms with Gasteiger partial charge in [0.15, 0.2) is 0 Å². The van der Waals surface area contributed by atoms with E-state index in [1.165, 1.54) is 24.7 Å². The summed E-state index contributed by atoms with van der Waals surface area (Å²) in [6.07, 6.45) is 7.45. The number of likely N-dealkylation sites (N-methyl/N-ethyl adjacent to an activating group) is 1. The van der Waals surface area contributed by atoms with E-state index in [2.05, 4.69) is 65.7 Å². The molecule has 1 aliphatic heterocycles. The van der Waals surface area contributed by atoms with Gasteiger partial charge in [0.2, 0.25) is 0 Å². The van der Waals surface area contributed by atoms with Gasteiger partial charge in [0.05, 0.1) is 28.6 Å². The fraction of sp³-hybridized carbons (Fsp3) is 0.567. The maximum atomic E-state index is 10.9. The number of nitrogen functional groups attached to an aromatic ring is 1. The van der Waals surface area contributed by atoms with E-state index >= 15 is 0 Å². The van der Waals surface area contributed by atoms with Crippen LogP contribution in [0.25, 0.3) is 22.1 Å². The number of aliphatic hydroxyl groups excluding tert-OH is 1. The summed E-state index contributed by atoms with van der Waals surface area (Å²) in [5, 5.41) is 11.7. The Balaban J connectivity index is 1.01. The number of hydrogen-bond acceptors (Lipinski definition) is 7. The van der Waals surface area contributed by atoms with Crippen LogP contribution >= 0.6 is 0 Å². The topological polar surface area (TPSA) is 118 Å². The Morgan fingerprint density at radius 2 is 2.00 bits per heavy atom. The molecule has 9 nitrogen and oxygen atoms in total. The average Bonchev–Trinajstić information content (AvgIpc) is 3.58. The fourth-order valence-corrected chi connectivity index (χ4v) is 6.26. The third-order valence-corrected chi connectivity index (χ3v) is 8.79. The summed E-state index contributed by atoms with van der Waals surface area (Å²) in [5.74, 6) is 2.26. The number of nitrogens with two attached hydrogens (primary N) is 1. The van der Waals surface area contributed by atoms with Gasteiger partial charge in [-0.25, -0.2) is 15.0 Å². The summed E-state index contributed by atoms with van der Waals surface area (Å²) in [7, 11) is 0. The molecule has 6 rings (SSSR count). The number of anilines is 1. The van der Waals surface area contributed by atoms with Crippen LogP contribution in [0.5, 0.6) is 0 Å². The van der Waals surface area contributed by atoms with Crippen LogP contribution in [0, 0.1) is 5.92 Å². The van der Waals surface area contributed by atoms with Gasteiger partial charge >= 0.3 is 0 Å². The van der Waals surface area contributed by atoms with Crippen molar-refractivity contribution in [2.24, 2.45) is 5.92 Å². The average molecular weight is 532 g/mol. The summed E-state index contributed by atoms with van der Waals surface area (Å²) in [6.45, 7) is 10.6. The molecule has 4 aromatic rings. The maximum Gasteiger partial charge on any atom is 0.147 e. The van der Waals surface area contributed by atoms with Crippen molar-refractivity contribution in [2.75, 3.05) is 18.8 Å². The van der Waals surface area contributed by atoms with E-state index in [0.29, 0.717) is 24.2 Å². The fourth-order valence-electron chi connectivity index (χ4n) is 6.26. The molecular weight excluding hydrogens is 490 g/mol. The number of hydrogen-bond donors (Lipinski definition) is 3. The summed E-state index contributed by atoms with van der Waals surface area (Å²) in [5.41, 5.74) is 10.4. The third kappa shape index (κ3) is 5.15. The van der Waals surface area contributed by atoms with E-state index in [4.69, 9.17) is 15.5 Å². The third-order valence-electron chi connectivity index (χ3n) is 8.79. The molecule has 0 unspecified atom stereocenters. The van der Waals surface area contributed by atoms with E-state index in [1.807, 2.05) is 16.8 Å². The molecule has 0 spiro atoms. The SMILES string of the molecule is CCN(C[C@H]1O[C@@H](n2ccc3c(N)ncnc32)C[C@@H]1O)C1CC(CCc2nc3ccc(C(C)(C)C)cc3[nH]2)C1. The highest BCUT2D eigenvalue weighted by molar-refractivity contribution is 5.86. The van der Waals surface area contributed by atoms with Gasteiger partial charge in [-0.15, -0.1) is 0 Å². The zero-order valence-electron chi connectivity index (χ0n) is 23.5. The van der Waals surface area contributed by atoms with Crippen LogP contribution < -0.4 is 5.73 Å². The standard InChI is InChI=1S/C30H41N7O2/c1-5-36(16-25-24(38)15-27(39-25)37-11-10-21-28(31)32-17-33-29(21)37)20-12-18(13-20)6-9-26-34-22-8-7-19(30(2,3)4)14-23(22)35-26/h7-8,10-11,14,17-18,20,24-25,27,38H,5-6,9,12-13,15-16H2,1-4H3,(H,34,35)(H2,31,32,33)/t18?,20?,24-,25+,27+/m0/s1. The number of aliphatic hydroxyl groups is 1. The Labute approximate surface area is 229 Å². The van der Waals surface area contributed by atoms with Crippen molar-refractivity contribution in [1.29, 1.82) is 0 Å². The highest BCUT2D eigenvalue weighted by Crippen LogP contribution is 2.37. The monoisotopic (exact) mass is 531 g/mol. The molecule has 1 saturated heterocycles. The lowest BCUT2D eigenvalue weighted by Crippen LogP contribution is -2.49. The van der Waals surface area contributed by atoms with E-state index in [1.54, 1.807) is 0 Å². The Kier molecular flexibility index (Phi) is 6.85. The zero-order chi connectivity index (χ0) is 27.3. The lowest BCUT2D eigenvalue weighted by atomic mass is 9.76. The molecule has 0 amide bonds. The van der Waals surface area contributed by atoms with Crippen LogP contribution in [0.15, 0.2) is 36.8 Å². The van der Waals surface area contributed by atoms with Crippen molar-refractivity contribution in [1.82, 2.24) is 29.4 Å². The number of aromatic amines is 1. The first-order chi connectivity index (χ1) is 18.7. The normalized spacial score (nSPS) is 25.6. The number of nitrogens with one attached hydrogen (secondary N) is 1. The number of rotatable bonds is 8. The molecule has 9 heteroatoms. The maximum absolute atomic E-state index is 10.9. The summed E-state index contributed by atoms with van der Waals surface area (Å²) < 4.78 is 8.33. The Hall–Kier alpha value is -3.01. The van der Waals surface area contributed by atoms with Gasteiger partial charge in [-0.2, -0.15) is 0 Å². The van der Waals surface area contributed by atoms with Gasteiger partial charge < -0.3 is 25.1 Å². The number of ether oxygens (including phenoxy) is 1. The lowest BCUT2D eigenvalue weighted by molar-refractivity contribution is -0.0490. The number of nitrogens with zero attached hydrogens (tertiary/aromatic N) is 5. The largest absolute Gasteiger partial charge is 0.390 e. The Morgan fingerprint density at radius 3 is 2.77 bits per heavy atom. The second-order valence-corrected chi connectivity index (χ2v) is 12.4. The van der Waals surface area contributed by atoms with Crippen LogP contribution in [0.4, 0.5) is 5.82 Å². The molecule has 1 aliphatic carbocycles. The minimum atomic E-state index is -0.511. The van der Waals surface area contributed by atoms with Crippen LogP contribution in [-0.2, 0) is 16.6 Å². The number of benzene rings is 1. The first-order valence-corrected chi connectivity index (χ1v) is 14.3. The quantitative estimate of drug-likeness (QED) is 0.305. The summed E-state index contributed by atoms with van der Waals surface area (Å²) >= 11 is 0. The van der Waals surface area contributed by atoms with Crippen LogP contribution in [-0.4, -0.2) is 65.8 Å².